The van der Waals surface area contributed by atoms with Gasteiger partial charge in [-0.25, -0.2) is 9.78 Å². The molecule has 3 rings (SSSR count). The van der Waals surface area contributed by atoms with Gasteiger partial charge in [-0.2, -0.15) is 0 Å². The molecule has 0 unspecified atom stereocenters. The first-order chi connectivity index (χ1) is 10.2. The predicted molar refractivity (Wildman–Crippen MR) is 87.9 cm³/mol. The molecule has 2 aromatic heterocycles. The molecule has 2 heterocycles. The second kappa shape index (κ2) is 5.71. The van der Waals surface area contributed by atoms with E-state index in [4.69, 9.17) is 4.74 Å². The average Bonchev–Trinajstić information content (AvgIpc) is 3.09. The number of hydrogen-bond acceptors (Lipinski definition) is 5. The number of carbonyl (C=O) groups is 1. The molecule has 0 bridgehead atoms. The van der Waals surface area contributed by atoms with E-state index in [1.54, 1.807) is 7.11 Å². The summed E-state index contributed by atoms with van der Waals surface area (Å²) < 4.78 is 6.32. The van der Waals surface area contributed by atoms with Crippen LogP contribution < -0.4 is 15.4 Å². The highest BCUT2D eigenvalue weighted by Gasteiger charge is 2.13. The second-order valence-corrected chi connectivity index (χ2v) is 6.28. The molecule has 0 radical (unpaired) electrons. The van der Waals surface area contributed by atoms with E-state index in [0.717, 1.165) is 20.8 Å². The van der Waals surface area contributed by atoms with Crippen LogP contribution in [0.4, 0.5) is 14.9 Å². The van der Waals surface area contributed by atoms with Crippen molar-refractivity contribution in [1.82, 2.24) is 4.98 Å². The van der Waals surface area contributed by atoms with Gasteiger partial charge in [-0.05, 0) is 36.1 Å². The van der Waals surface area contributed by atoms with Crippen molar-refractivity contribution in [1.29, 1.82) is 0 Å². The maximum absolute atomic E-state index is 11.9. The minimum Gasteiger partial charge on any atom is -0.494 e. The minimum atomic E-state index is -0.298. The molecule has 108 valence electrons. The Morgan fingerprint density at radius 1 is 1.29 bits per heavy atom. The van der Waals surface area contributed by atoms with Crippen LogP contribution in [0.3, 0.4) is 0 Å². The number of benzene rings is 1. The first kappa shape index (κ1) is 13.8. The Kier molecular flexibility index (Phi) is 3.76. The van der Waals surface area contributed by atoms with Gasteiger partial charge < -0.3 is 4.74 Å². The van der Waals surface area contributed by atoms with Crippen molar-refractivity contribution in [2.75, 3.05) is 17.7 Å². The van der Waals surface area contributed by atoms with Crippen molar-refractivity contribution in [3.8, 4) is 5.75 Å². The number of aromatic nitrogens is 1. The molecule has 3 aromatic rings. The number of rotatable bonds is 3. The molecule has 0 aliphatic rings. The van der Waals surface area contributed by atoms with Crippen LogP contribution in [-0.4, -0.2) is 18.1 Å². The molecule has 0 aliphatic carbocycles. The van der Waals surface area contributed by atoms with Crippen LogP contribution >= 0.6 is 22.7 Å². The van der Waals surface area contributed by atoms with Gasteiger partial charge in [0.15, 0.2) is 5.13 Å². The SMILES string of the molecule is COc1ccc(C)c2sc(NC(=O)Nc3cccs3)nc12. The Morgan fingerprint density at radius 3 is 2.86 bits per heavy atom. The molecule has 21 heavy (non-hydrogen) atoms. The summed E-state index contributed by atoms with van der Waals surface area (Å²) in [5.74, 6) is 0.707. The number of aryl methyl sites for hydroxylation is 1. The number of hydrogen-bond donors (Lipinski definition) is 2. The van der Waals surface area contributed by atoms with Gasteiger partial charge in [-0.1, -0.05) is 17.4 Å². The highest BCUT2D eigenvalue weighted by Crippen LogP contribution is 2.34. The second-order valence-electron chi connectivity index (χ2n) is 4.34. The Labute approximate surface area is 129 Å². The van der Waals surface area contributed by atoms with Crippen LogP contribution in [0.2, 0.25) is 0 Å². The number of thiazole rings is 1. The number of thiophene rings is 1. The van der Waals surface area contributed by atoms with E-state index >= 15 is 0 Å². The Morgan fingerprint density at radius 2 is 2.14 bits per heavy atom. The van der Waals surface area contributed by atoms with Gasteiger partial charge in [0.2, 0.25) is 0 Å². The van der Waals surface area contributed by atoms with E-state index < -0.39 is 0 Å². The number of ether oxygens (including phenoxy) is 1. The maximum atomic E-state index is 11.9. The van der Waals surface area contributed by atoms with Crippen molar-refractivity contribution in [3.05, 3.63) is 35.2 Å². The largest absolute Gasteiger partial charge is 0.494 e. The molecule has 2 amide bonds. The summed E-state index contributed by atoms with van der Waals surface area (Å²) in [6, 6.07) is 7.29. The van der Waals surface area contributed by atoms with Crippen LogP contribution in [0.25, 0.3) is 10.2 Å². The van der Waals surface area contributed by atoms with Crippen molar-refractivity contribution >= 4 is 49.1 Å². The Balaban J connectivity index is 1.84. The normalized spacial score (nSPS) is 10.6. The predicted octanol–water partition coefficient (Wildman–Crippen LogP) is 4.32. The van der Waals surface area contributed by atoms with E-state index in [-0.39, 0.29) is 6.03 Å². The molecular formula is C14H13N3O2S2. The highest BCUT2D eigenvalue weighted by molar-refractivity contribution is 7.22. The van der Waals surface area contributed by atoms with E-state index in [0.29, 0.717) is 10.9 Å². The Hall–Kier alpha value is -2.12. The summed E-state index contributed by atoms with van der Waals surface area (Å²) in [4.78, 5) is 16.4. The molecule has 0 spiro atoms. The number of nitrogens with one attached hydrogen (secondary N) is 2. The minimum absolute atomic E-state index is 0.298. The van der Waals surface area contributed by atoms with Crippen LogP contribution in [0.5, 0.6) is 5.75 Å². The summed E-state index contributed by atoms with van der Waals surface area (Å²) in [6.07, 6.45) is 0. The van der Waals surface area contributed by atoms with Crippen molar-refractivity contribution in [2.24, 2.45) is 0 Å². The standard InChI is InChI=1S/C14H13N3O2S2/c1-8-5-6-9(19-2)11-12(8)21-14(16-11)17-13(18)15-10-4-3-7-20-10/h3-7H,1-2H3,(H2,15,16,17,18). The smallest absolute Gasteiger partial charge is 0.326 e. The molecular weight excluding hydrogens is 306 g/mol. The summed E-state index contributed by atoms with van der Waals surface area (Å²) in [5.41, 5.74) is 1.88. The third-order valence-electron chi connectivity index (χ3n) is 2.90. The number of carbonyl (C=O) groups excluding carboxylic acids is 1. The third kappa shape index (κ3) is 2.84. The lowest BCUT2D eigenvalue weighted by Crippen LogP contribution is -2.18. The molecule has 1 aromatic carbocycles. The fourth-order valence-corrected chi connectivity index (χ4v) is 3.48. The Bertz CT molecular complexity index is 781. The first-order valence-corrected chi connectivity index (χ1v) is 7.92. The van der Waals surface area contributed by atoms with Crippen LogP contribution in [0.1, 0.15) is 5.56 Å². The molecule has 0 saturated heterocycles. The van der Waals surface area contributed by atoms with E-state index in [1.165, 1.54) is 22.7 Å². The molecule has 0 aliphatic heterocycles. The molecule has 2 N–H and O–H groups in total. The molecule has 0 atom stereocenters. The first-order valence-electron chi connectivity index (χ1n) is 6.23. The van der Waals surface area contributed by atoms with Gasteiger partial charge in [0.05, 0.1) is 16.8 Å². The molecule has 0 saturated carbocycles. The molecule has 0 fully saturated rings. The molecule has 7 heteroatoms. The van der Waals surface area contributed by atoms with E-state index in [1.807, 2.05) is 36.6 Å². The zero-order valence-electron chi connectivity index (χ0n) is 11.5. The van der Waals surface area contributed by atoms with Gasteiger partial charge in [-0.15, -0.1) is 11.3 Å². The summed E-state index contributed by atoms with van der Waals surface area (Å²) in [7, 11) is 1.61. The number of urea groups is 1. The summed E-state index contributed by atoms with van der Waals surface area (Å²) in [5, 5.41) is 8.76. The van der Waals surface area contributed by atoms with Gasteiger partial charge in [0.25, 0.3) is 0 Å². The van der Waals surface area contributed by atoms with Crippen molar-refractivity contribution < 1.29 is 9.53 Å². The van der Waals surface area contributed by atoms with Crippen LogP contribution in [0, 0.1) is 6.92 Å². The zero-order valence-corrected chi connectivity index (χ0v) is 13.1. The molecule has 5 nitrogen and oxygen atoms in total. The van der Waals surface area contributed by atoms with Gasteiger partial charge >= 0.3 is 6.03 Å². The number of fused-ring (bicyclic) bond motifs is 1. The topological polar surface area (TPSA) is 63.2 Å². The van der Waals surface area contributed by atoms with E-state index in [2.05, 4.69) is 15.6 Å². The average molecular weight is 319 g/mol. The maximum Gasteiger partial charge on any atom is 0.326 e. The lowest BCUT2D eigenvalue weighted by atomic mass is 10.2. The van der Waals surface area contributed by atoms with Gasteiger partial charge in [0, 0.05) is 0 Å². The summed E-state index contributed by atoms with van der Waals surface area (Å²) in [6.45, 7) is 2.01. The summed E-state index contributed by atoms with van der Waals surface area (Å²) >= 11 is 2.90. The fraction of sp³-hybridized carbons (Fsp3) is 0.143. The van der Waals surface area contributed by atoms with Gasteiger partial charge in [-0.3, -0.25) is 10.6 Å². The monoisotopic (exact) mass is 319 g/mol. The zero-order chi connectivity index (χ0) is 14.8. The number of methoxy groups -OCH3 is 1. The lowest BCUT2D eigenvalue weighted by Gasteiger charge is -2.01. The number of nitrogens with zero attached hydrogens (tertiary/aromatic N) is 1. The van der Waals surface area contributed by atoms with Crippen LogP contribution in [0.15, 0.2) is 29.6 Å². The van der Waals surface area contributed by atoms with E-state index in [9.17, 15) is 4.79 Å². The number of anilines is 2. The lowest BCUT2D eigenvalue weighted by molar-refractivity contribution is 0.262. The number of amides is 2. The quantitative estimate of drug-likeness (QED) is 0.755. The van der Waals surface area contributed by atoms with Gasteiger partial charge in [0.1, 0.15) is 11.3 Å². The third-order valence-corrected chi connectivity index (χ3v) is 4.79. The highest BCUT2D eigenvalue weighted by atomic mass is 32.1. The van der Waals surface area contributed by atoms with Crippen molar-refractivity contribution in [3.63, 3.8) is 0 Å². The fourth-order valence-electron chi connectivity index (χ4n) is 1.92. The van der Waals surface area contributed by atoms with Crippen molar-refractivity contribution in [2.45, 2.75) is 6.92 Å². The van der Waals surface area contributed by atoms with Crippen LogP contribution in [-0.2, 0) is 0 Å².